The summed E-state index contributed by atoms with van der Waals surface area (Å²) in [6.07, 6.45) is 2.37. The van der Waals surface area contributed by atoms with Gasteiger partial charge in [0.15, 0.2) is 11.5 Å². The molecule has 17 heavy (non-hydrogen) atoms. The molecule has 0 bridgehead atoms. The Bertz CT molecular complexity index is 440. The summed E-state index contributed by atoms with van der Waals surface area (Å²) in [7, 11) is 1.47. The van der Waals surface area contributed by atoms with Gasteiger partial charge in [-0.1, -0.05) is 11.6 Å². The van der Waals surface area contributed by atoms with E-state index in [0.29, 0.717) is 24.0 Å². The third-order valence-electron chi connectivity index (χ3n) is 2.66. The lowest BCUT2D eigenvalue weighted by molar-refractivity contribution is 0.0696. The van der Waals surface area contributed by atoms with Crippen molar-refractivity contribution in [2.75, 3.05) is 13.7 Å². The molecule has 0 amide bonds. The van der Waals surface area contributed by atoms with Crippen LogP contribution >= 0.6 is 11.6 Å². The third-order valence-corrected chi connectivity index (χ3v) is 2.97. The van der Waals surface area contributed by atoms with Crippen LogP contribution in [-0.2, 0) is 0 Å². The summed E-state index contributed by atoms with van der Waals surface area (Å²) in [5, 5.41) is 9.08. The minimum absolute atomic E-state index is 0.0160. The van der Waals surface area contributed by atoms with Crippen molar-refractivity contribution in [1.82, 2.24) is 0 Å². The van der Waals surface area contributed by atoms with E-state index in [-0.39, 0.29) is 10.6 Å². The number of halogens is 1. The fourth-order valence-corrected chi connectivity index (χ4v) is 1.70. The standard InChI is InChI=1S/C12H13ClO4/c1-16-10-4-8(12(14)15)9(13)5-11(10)17-6-7-2-3-7/h4-5,7H,2-3,6H2,1H3,(H,14,15). The molecule has 1 fully saturated rings. The van der Waals surface area contributed by atoms with Gasteiger partial charge in [0.2, 0.25) is 0 Å². The molecule has 0 unspecified atom stereocenters. The Kier molecular flexibility index (Phi) is 3.43. The average molecular weight is 257 g/mol. The number of hydrogen-bond acceptors (Lipinski definition) is 3. The fraction of sp³-hybridized carbons (Fsp3) is 0.417. The topological polar surface area (TPSA) is 55.8 Å². The van der Waals surface area contributed by atoms with Crippen LogP contribution in [0.4, 0.5) is 0 Å². The molecule has 5 heteroatoms. The van der Waals surface area contributed by atoms with E-state index in [1.807, 2.05) is 0 Å². The highest BCUT2D eigenvalue weighted by atomic mass is 35.5. The number of carboxylic acid groups (broad SMARTS) is 1. The van der Waals surface area contributed by atoms with Crippen LogP contribution in [0.2, 0.25) is 5.02 Å². The highest BCUT2D eigenvalue weighted by Gasteiger charge is 2.23. The molecule has 0 radical (unpaired) electrons. The van der Waals surface area contributed by atoms with Gasteiger partial charge in [0.1, 0.15) is 0 Å². The van der Waals surface area contributed by atoms with Crippen LogP contribution < -0.4 is 9.47 Å². The summed E-state index contributed by atoms with van der Waals surface area (Å²) < 4.78 is 10.7. The van der Waals surface area contributed by atoms with Crippen molar-refractivity contribution in [3.8, 4) is 11.5 Å². The van der Waals surface area contributed by atoms with Crippen LogP contribution in [0.25, 0.3) is 0 Å². The second-order valence-corrected chi connectivity index (χ2v) is 4.45. The predicted molar refractivity (Wildman–Crippen MR) is 63.2 cm³/mol. The van der Waals surface area contributed by atoms with Crippen LogP contribution in [0.15, 0.2) is 12.1 Å². The Morgan fingerprint density at radius 3 is 2.71 bits per heavy atom. The Morgan fingerprint density at radius 1 is 1.47 bits per heavy atom. The molecule has 1 aliphatic rings. The summed E-state index contributed by atoms with van der Waals surface area (Å²) in [5.74, 6) is 0.418. The Labute approximate surface area is 104 Å². The third kappa shape index (κ3) is 2.82. The minimum Gasteiger partial charge on any atom is -0.493 e. The zero-order chi connectivity index (χ0) is 12.4. The van der Waals surface area contributed by atoms with E-state index in [1.54, 1.807) is 0 Å². The summed E-state index contributed by atoms with van der Waals surface area (Å²) in [6, 6.07) is 2.87. The Balaban J connectivity index is 2.23. The SMILES string of the molecule is COc1cc(C(=O)O)c(Cl)cc1OCC1CC1. The molecule has 0 aromatic heterocycles. The van der Waals surface area contributed by atoms with Gasteiger partial charge in [-0.3, -0.25) is 0 Å². The first-order chi connectivity index (χ1) is 8.11. The summed E-state index contributed by atoms with van der Waals surface area (Å²) in [4.78, 5) is 10.9. The van der Waals surface area contributed by atoms with Gasteiger partial charge in [0.05, 0.1) is 24.3 Å². The number of ether oxygens (including phenoxy) is 2. The lowest BCUT2D eigenvalue weighted by Gasteiger charge is -2.12. The quantitative estimate of drug-likeness (QED) is 0.880. The zero-order valence-electron chi connectivity index (χ0n) is 9.40. The van der Waals surface area contributed by atoms with Crippen molar-refractivity contribution in [2.45, 2.75) is 12.8 Å². The monoisotopic (exact) mass is 256 g/mol. The fourth-order valence-electron chi connectivity index (χ4n) is 1.46. The van der Waals surface area contributed by atoms with E-state index in [1.165, 1.54) is 32.1 Å². The van der Waals surface area contributed by atoms with Crippen LogP contribution in [0.5, 0.6) is 11.5 Å². The van der Waals surface area contributed by atoms with E-state index in [2.05, 4.69) is 0 Å². The van der Waals surface area contributed by atoms with Gasteiger partial charge >= 0.3 is 5.97 Å². The van der Waals surface area contributed by atoms with Crippen molar-refractivity contribution in [1.29, 1.82) is 0 Å². The summed E-state index contributed by atoms with van der Waals surface area (Å²) >= 11 is 5.87. The highest BCUT2D eigenvalue weighted by Crippen LogP contribution is 2.36. The number of methoxy groups -OCH3 is 1. The van der Waals surface area contributed by atoms with Crippen LogP contribution in [0, 0.1) is 5.92 Å². The smallest absolute Gasteiger partial charge is 0.337 e. The van der Waals surface area contributed by atoms with E-state index < -0.39 is 5.97 Å². The Hall–Kier alpha value is -1.42. The average Bonchev–Trinajstić information content (AvgIpc) is 3.09. The summed E-state index contributed by atoms with van der Waals surface area (Å²) in [5.41, 5.74) is 0.0160. The highest BCUT2D eigenvalue weighted by molar-refractivity contribution is 6.33. The van der Waals surface area contributed by atoms with Gasteiger partial charge in [-0.25, -0.2) is 4.79 Å². The van der Waals surface area contributed by atoms with E-state index >= 15 is 0 Å². The molecule has 0 aliphatic heterocycles. The molecular formula is C12H13ClO4. The number of hydrogen-bond donors (Lipinski definition) is 1. The molecule has 1 aliphatic carbocycles. The molecule has 0 saturated heterocycles. The van der Waals surface area contributed by atoms with Gasteiger partial charge in [-0.15, -0.1) is 0 Å². The predicted octanol–water partition coefficient (Wildman–Crippen LogP) is 2.84. The lowest BCUT2D eigenvalue weighted by atomic mass is 10.2. The van der Waals surface area contributed by atoms with E-state index in [0.717, 1.165) is 0 Å². The maximum absolute atomic E-state index is 10.9. The molecule has 1 saturated carbocycles. The maximum Gasteiger partial charge on any atom is 0.337 e. The number of aromatic carboxylic acids is 1. The molecule has 0 atom stereocenters. The van der Waals surface area contributed by atoms with Crippen LogP contribution in [0.3, 0.4) is 0 Å². The Morgan fingerprint density at radius 2 is 2.18 bits per heavy atom. The van der Waals surface area contributed by atoms with Gasteiger partial charge in [-0.05, 0) is 24.8 Å². The molecule has 1 N–H and O–H groups in total. The van der Waals surface area contributed by atoms with Gasteiger partial charge in [0.25, 0.3) is 0 Å². The minimum atomic E-state index is -1.08. The van der Waals surface area contributed by atoms with E-state index in [4.69, 9.17) is 26.2 Å². The van der Waals surface area contributed by atoms with Gasteiger partial charge < -0.3 is 14.6 Å². The maximum atomic E-state index is 10.9. The van der Waals surface area contributed by atoms with Crippen LogP contribution in [0.1, 0.15) is 23.2 Å². The van der Waals surface area contributed by atoms with E-state index in [9.17, 15) is 4.79 Å². The van der Waals surface area contributed by atoms with Crippen molar-refractivity contribution >= 4 is 17.6 Å². The first-order valence-corrected chi connectivity index (χ1v) is 5.73. The second-order valence-electron chi connectivity index (χ2n) is 4.04. The number of carbonyl (C=O) groups is 1. The van der Waals surface area contributed by atoms with Crippen molar-refractivity contribution < 1.29 is 19.4 Å². The molecule has 0 heterocycles. The summed E-state index contributed by atoms with van der Waals surface area (Å²) in [6.45, 7) is 0.624. The largest absolute Gasteiger partial charge is 0.493 e. The number of carboxylic acids is 1. The lowest BCUT2D eigenvalue weighted by Crippen LogP contribution is -2.03. The molecule has 0 spiro atoms. The first-order valence-electron chi connectivity index (χ1n) is 5.35. The molecule has 1 aromatic rings. The van der Waals surface area contributed by atoms with Crippen molar-refractivity contribution in [3.63, 3.8) is 0 Å². The number of rotatable bonds is 5. The van der Waals surface area contributed by atoms with Gasteiger partial charge in [-0.2, -0.15) is 0 Å². The molecular weight excluding hydrogens is 244 g/mol. The molecule has 4 nitrogen and oxygen atoms in total. The molecule has 92 valence electrons. The normalized spacial score (nSPS) is 14.5. The van der Waals surface area contributed by atoms with Crippen molar-refractivity contribution in [2.24, 2.45) is 5.92 Å². The zero-order valence-corrected chi connectivity index (χ0v) is 10.2. The van der Waals surface area contributed by atoms with Crippen LogP contribution in [-0.4, -0.2) is 24.8 Å². The number of benzene rings is 1. The van der Waals surface area contributed by atoms with Crippen molar-refractivity contribution in [3.05, 3.63) is 22.7 Å². The molecule has 1 aromatic carbocycles. The second kappa shape index (κ2) is 4.84. The first kappa shape index (κ1) is 12.0. The molecule has 2 rings (SSSR count). The van der Waals surface area contributed by atoms with Gasteiger partial charge in [0, 0.05) is 6.07 Å².